The molecule has 0 saturated heterocycles. The van der Waals surface area contributed by atoms with Gasteiger partial charge < -0.3 is 0 Å². The van der Waals surface area contributed by atoms with Gasteiger partial charge in [-0.15, -0.1) is 0 Å². The first-order valence-corrected chi connectivity index (χ1v) is 4.17. The summed E-state index contributed by atoms with van der Waals surface area (Å²) in [6.07, 6.45) is 3.41. The van der Waals surface area contributed by atoms with Crippen molar-refractivity contribution in [2.45, 2.75) is 27.2 Å². The van der Waals surface area contributed by atoms with Gasteiger partial charge >= 0.3 is 73.3 Å². The Kier molecular flexibility index (Phi) is 5.97. The van der Waals surface area contributed by atoms with E-state index in [9.17, 15) is 0 Å². The van der Waals surface area contributed by atoms with E-state index in [0.29, 0.717) is 0 Å². The molecule has 54 valence electrons. The Hall–Kier alpha value is 0.137. The molecular formula is C8H16LiN. The topological polar surface area (TPSA) is 3.24 Å². The Labute approximate surface area is 73.7 Å². The number of hydrogen-bond acceptors (Lipinski definition) is 1. The van der Waals surface area contributed by atoms with Crippen LogP contribution in [0, 0.1) is 0 Å². The predicted octanol–water partition coefficient (Wildman–Crippen LogP) is 1.75. The van der Waals surface area contributed by atoms with Gasteiger partial charge in [0, 0.05) is 0 Å². The van der Waals surface area contributed by atoms with Crippen molar-refractivity contribution in [1.29, 1.82) is 0 Å². The Morgan fingerprint density at radius 2 is 1.80 bits per heavy atom. The maximum atomic E-state index is 2.36. The van der Waals surface area contributed by atoms with Gasteiger partial charge in [0.15, 0.2) is 0 Å². The predicted molar refractivity (Wildman–Crippen MR) is 47.0 cm³/mol. The van der Waals surface area contributed by atoms with Gasteiger partial charge in [0.1, 0.15) is 0 Å². The molecule has 0 aliphatic rings. The molecule has 0 aromatic carbocycles. The number of rotatable bonds is 4. The molecule has 10 heavy (non-hydrogen) atoms. The summed E-state index contributed by atoms with van der Waals surface area (Å²) >= 11 is 2.18. The van der Waals surface area contributed by atoms with Crippen LogP contribution in [0.2, 0.25) is 0 Å². The summed E-state index contributed by atoms with van der Waals surface area (Å²) in [4.78, 5) is 2.36. The molecule has 0 spiro atoms. The second kappa shape index (κ2) is 5.89. The van der Waals surface area contributed by atoms with Crippen LogP contribution in [0.25, 0.3) is 0 Å². The third kappa shape index (κ3) is 3.34. The van der Waals surface area contributed by atoms with E-state index in [2.05, 4.69) is 49.5 Å². The molecule has 0 heterocycles. The fraction of sp³-hybridized carbons (Fsp3) is 0.750. The fourth-order valence-corrected chi connectivity index (χ4v) is 1.15. The van der Waals surface area contributed by atoms with E-state index in [1.807, 2.05) is 0 Å². The van der Waals surface area contributed by atoms with E-state index in [-0.39, 0.29) is 0 Å². The van der Waals surface area contributed by atoms with E-state index in [4.69, 9.17) is 0 Å². The summed E-state index contributed by atoms with van der Waals surface area (Å²) in [6, 6.07) is 0. The third-order valence-corrected chi connectivity index (χ3v) is 1.76. The minimum absolute atomic E-state index is 1.12. The molecule has 0 saturated carbocycles. The van der Waals surface area contributed by atoms with Gasteiger partial charge in [0.2, 0.25) is 0 Å². The summed E-state index contributed by atoms with van der Waals surface area (Å²) in [5.74, 6) is 0. The Balaban J connectivity index is 3.87. The van der Waals surface area contributed by atoms with Crippen molar-refractivity contribution in [3.05, 3.63) is 10.4 Å². The van der Waals surface area contributed by atoms with Gasteiger partial charge in [-0.2, -0.15) is 0 Å². The molecule has 0 atom stereocenters. The summed E-state index contributed by atoms with van der Waals surface area (Å²) in [5.41, 5.74) is 0. The van der Waals surface area contributed by atoms with E-state index >= 15 is 0 Å². The average molecular weight is 133 g/mol. The van der Waals surface area contributed by atoms with Crippen molar-refractivity contribution in [1.82, 2.24) is 4.90 Å². The van der Waals surface area contributed by atoms with E-state index < -0.39 is 0 Å². The van der Waals surface area contributed by atoms with Crippen LogP contribution in [-0.4, -0.2) is 35.7 Å². The first-order valence-electron chi connectivity index (χ1n) is 4.17. The standard InChI is InChI=1S/C8H16N.Li/c1-4-7-8-9(5-2)6-3;/h7H,4-6H2,1-3H3;. The van der Waals surface area contributed by atoms with Crippen molar-refractivity contribution < 1.29 is 0 Å². The fourth-order valence-electron chi connectivity index (χ4n) is 1.15. The third-order valence-electron chi connectivity index (χ3n) is 1.76. The van der Waals surface area contributed by atoms with Crippen LogP contribution in [0.4, 0.5) is 0 Å². The maximum absolute atomic E-state index is 2.36. The van der Waals surface area contributed by atoms with Crippen LogP contribution in [-0.2, 0) is 0 Å². The van der Waals surface area contributed by atoms with Gasteiger partial charge in [-0.1, -0.05) is 0 Å². The Morgan fingerprint density at radius 3 is 2.10 bits per heavy atom. The quantitative estimate of drug-likeness (QED) is 0.528. The van der Waals surface area contributed by atoms with Gasteiger partial charge in [0.05, 0.1) is 0 Å². The molecule has 0 unspecified atom stereocenters. The summed E-state index contributed by atoms with van der Waals surface area (Å²) in [7, 11) is 0. The van der Waals surface area contributed by atoms with Crippen molar-refractivity contribution in [3.63, 3.8) is 0 Å². The normalized spacial score (nSPS) is 11.9. The minimum atomic E-state index is 1.12. The molecule has 0 aliphatic carbocycles. The SMILES string of the molecule is [Li][C](=CCC)N(CC)CC. The zero-order valence-corrected chi connectivity index (χ0v) is 7.65. The van der Waals surface area contributed by atoms with Crippen LogP contribution in [0.15, 0.2) is 10.4 Å². The number of allylic oxidation sites excluding steroid dienone is 1. The van der Waals surface area contributed by atoms with Gasteiger partial charge in [-0.25, -0.2) is 0 Å². The zero-order chi connectivity index (χ0) is 7.98. The molecule has 1 nitrogen and oxygen atoms in total. The molecule has 0 radical (unpaired) electrons. The molecule has 0 aromatic rings. The van der Waals surface area contributed by atoms with Crippen molar-refractivity contribution in [2.75, 3.05) is 13.1 Å². The summed E-state index contributed by atoms with van der Waals surface area (Å²) < 4.78 is 1.41. The van der Waals surface area contributed by atoms with E-state index in [1.165, 1.54) is 4.37 Å². The van der Waals surface area contributed by atoms with Crippen LogP contribution in [0.5, 0.6) is 0 Å². The van der Waals surface area contributed by atoms with E-state index in [0.717, 1.165) is 19.5 Å². The first-order chi connectivity index (χ1) is 4.76. The first kappa shape index (κ1) is 10.1. The van der Waals surface area contributed by atoms with Crippen LogP contribution in [0.1, 0.15) is 27.2 Å². The molecular weight excluding hydrogens is 117 g/mol. The molecule has 0 bridgehead atoms. The Bertz CT molecular complexity index is 106. The Morgan fingerprint density at radius 1 is 1.30 bits per heavy atom. The monoisotopic (exact) mass is 133 g/mol. The van der Waals surface area contributed by atoms with Gasteiger partial charge in [-0.3, -0.25) is 0 Å². The molecule has 0 amide bonds. The second-order valence-corrected chi connectivity index (χ2v) is 2.43. The van der Waals surface area contributed by atoms with Crippen molar-refractivity contribution in [2.24, 2.45) is 0 Å². The van der Waals surface area contributed by atoms with E-state index in [1.54, 1.807) is 0 Å². The summed E-state index contributed by atoms with van der Waals surface area (Å²) in [5, 5.41) is 0. The number of hydrogen-bond donors (Lipinski definition) is 0. The molecule has 0 N–H and O–H groups in total. The number of nitrogens with zero attached hydrogens (tertiary/aromatic N) is 1. The van der Waals surface area contributed by atoms with Gasteiger partial charge in [-0.05, 0) is 0 Å². The molecule has 0 aliphatic heterocycles. The summed E-state index contributed by atoms with van der Waals surface area (Å²) in [6.45, 7) is 8.80. The van der Waals surface area contributed by atoms with Crippen LogP contribution >= 0.6 is 0 Å². The second-order valence-electron chi connectivity index (χ2n) is 2.43. The van der Waals surface area contributed by atoms with Crippen molar-refractivity contribution in [3.8, 4) is 0 Å². The zero-order valence-electron chi connectivity index (χ0n) is 7.65. The van der Waals surface area contributed by atoms with Gasteiger partial charge in [0.25, 0.3) is 0 Å². The molecule has 2 heteroatoms. The van der Waals surface area contributed by atoms with Crippen molar-refractivity contribution >= 4 is 17.7 Å². The van der Waals surface area contributed by atoms with Crippen LogP contribution < -0.4 is 0 Å². The average Bonchev–Trinajstić information content (AvgIpc) is 1.91. The molecule has 0 fully saturated rings. The van der Waals surface area contributed by atoms with Crippen LogP contribution in [0.3, 0.4) is 0 Å². The molecule has 0 aromatic heterocycles. The molecule has 0 rings (SSSR count).